The fourth-order valence-corrected chi connectivity index (χ4v) is 1.63. The van der Waals surface area contributed by atoms with Crippen molar-refractivity contribution < 1.29 is 0 Å². The number of imidazole rings is 1. The molecule has 2 aromatic rings. The third kappa shape index (κ3) is 2.18. The fourth-order valence-electron chi connectivity index (χ4n) is 1.63. The van der Waals surface area contributed by atoms with Gasteiger partial charge in [0.25, 0.3) is 0 Å². The number of rotatable bonds is 2. The normalized spacial score (nSPS) is 9.87. The van der Waals surface area contributed by atoms with Gasteiger partial charge in [-0.15, -0.1) is 0 Å². The lowest BCUT2D eigenvalue weighted by molar-refractivity contribution is 0.718. The van der Waals surface area contributed by atoms with Gasteiger partial charge in [0.15, 0.2) is 0 Å². The molecule has 1 aromatic carbocycles. The second-order valence-electron chi connectivity index (χ2n) is 2.97. The molecule has 0 aliphatic carbocycles. The molecule has 0 saturated heterocycles. The first-order chi connectivity index (χ1) is 7.36. The number of fused-ring (bicyclic) bond motifs is 1. The zero-order valence-electron chi connectivity index (χ0n) is 9.70. The first-order valence-electron chi connectivity index (χ1n) is 5.51. The van der Waals surface area contributed by atoms with Crippen LogP contribution in [0.15, 0.2) is 24.3 Å². The SMILES string of the molecule is CC.CCn1c(CN)nc2ccccc21. The molecule has 0 saturated carbocycles. The van der Waals surface area contributed by atoms with Crippen molar-refractivity contribution in [3.8, 4) is 0 Å². The zero-order valence-corrected chi connectivity index (χ0v) is 9.70. The van der Waals surface area contributed by atoms with Crippen LogP contribution in [-0.2, 0) is 13.1 Å². The zero-order chi connectivity index (χ0) is 11.3. The predicted octanol–water partition coefficient (Wildman–Crippen LogP) is 2.54. The van der Waals surface area contributed by atoms with Gasteiger partial charge in [0.2, 0.25) is 0 Å². The van der Waals surface area contributed by atoms with Crippen molar-refractivity contribution in [2.45, 2.75) is 33.9 Å². The van der Waals surface area contributed by atoms with Crippen LogP contribution >= 0.6 is 0 Å². The number of hydrogen-bond donors (Lipinski definition) is 1. The summed E-state index contributed by atoms with van der Waals surface area (Å²) in [5.74, 6) is 0.962. The molecular weight excluding hydrogens is 186 g/mol. The maximum atomic E-state index is 5.61. The van der Waals surface area contributed by atoms with Gasteiger partial charge in [-0.2, -0.15) is 0 Å². The molecule has 3 heteroatoms. The van der Waals surface area contributed by atoms with Crippen LogP contribution in [0.4, 0.5) is 0 Å². The van der Waals surface area contributed by atoms with E-state index in [4.69, 9.17) is 5.73 Å². The van der Waals surface area contributed by atoms with Gasteiger partial charge in [0.05, 0.1) is 17.6 Å². The number of benzene rings is 1. The van der Waals surface area contributed by atoms with Gasteiger partial charge in [0.1, 0.15) is 5.82 Å². The third-order valence-electron chi connectivity index (χ3n) is 2.23. The lowest BCUT2D eigenvalue weighted by Gasteiger charge is -2.02. The second kappa shape index (κ2) is 5.51. The van der Waals surface area contributed by atoms with Crippen LogP contribution in [0.2, 0.25) is 0 Å². The van der Waals surface area contributed by atoms with E-state index in [2.05, 4.69) is 22.5 Å². The van der Waals surface area contributed by atoms with E-state index in [1.165, 1.54) is 5.52 Å². The minimum atomic E-state index is 0.503. The Morgan fingerprint density at radius 3 is 2.53 bits per heavy atom. The van der Waals surface area contributed by atoms with Crippen molar-refractivity contribution in [2.24, 2.45) is 5.73 Å². The van der Waals surface area contributed by atoms with E-state index in [0.717, 1.165) is 17.9 Å². The van der Waals surface area contributed by atoms with Gasteiger partial charge in [-0.05, 0) is 19.1 Å². The summed E-state index contributed by atoms with van der Waals surface area (Å²) in [5, 5.41) is 0. The van der Waals surface area contributed by atoms with Crippen LogP contribution in [0, 0.1) is 0 Å². The second-order valence-corrected chi connectivity index (χ2v) is 2.97. The van der Waals surface area contributed by atoms with Gasteiger partial charge < -0.3 is 10.3 Å². The molecule has 0 bridgehead atoms. The van der Waals surface area contributed by atoms with E-state index in [1.807, 2.05) is 32.0 Å². The average molecular weight is 205 g/mol. The number of para-hydroxylation sites is 2. The van der Waals surface area contributed by atoms with E-state index in [9.17, 15) is 0 Å². The maximum Gasteiger partial charge on any atom is 0.123 e. The average Bonchev–Trinajstić information content (AvgIpc) is 2.69. The molecule has 0 aliphatic heterocycles. The van der Waals surface area contributed by atoms with E-state index < -0.39 is 0 Å². The Morgan fingerprint density at radius 1 is 1.27 bits per heavy atom. The summed E-state index contributed by atoms with van der Waals surface area (Å²) in [4.78, 5) is 4.44. The van der Waals surface area contributed by atoms with Crippen molar-refractivity contribution in [3.63, 3.8) is 0 Å². The first kappa shape index (κ1) is 11.7. The van der Waals surface area contributed by atoms with Gasteiger partial charge in [0, 0.05) is 6.54 Å². The van der Waals surface area contributed by atoms with Crippen LogP contribution < -0.4 is 5.73 Å². The molecule has 0 fully saturated rings. The van der Waals surface area contributed by atoms with E-state index in [0.29, 0.717) is 6.54 Å². The fraction of sp³-hybridized carbons (Fsp3) is 0.417. The quantitative estimate of drug-likeness (QED) is 0.818. The number of aromatic nitrogens is 2. The summed E-state index contributed by atoms with van der Waals surface area (Å²) in [6.07, 6.45) is 0. The van der Waals surface area contributed by atoms with Gasteiger partial charge in [-0.1, -0.05) is 26.0 Å². The molecule has 3 nitrogen and oxygen atoms in total. The Labute approximate surface area is 90.9 Å². The van der Waals surface area contributed by atoms with Crippen molar-refractivity contribution >= 4 is 11.0 Å². The maximum absolute atomic E-state index is 5.61. The highest BCUT2D eigenvalue weighted by Gasteiger charge is 2.05. The van der Waals surface area contributed by atoms with Crippen molar-refractivity contribution in [3.05, 3.63) is 30.1 Å². The van der Waals surface area contributed by atoms with Gasteiger partial charge >= 0.3 is 0 Å². The van der Waals surface area contributed by atoms with Gasteiger partial charge in [-0.25, -0.2) is 4.98 Å². The molecule has 15 heavy (non-hydrogen) atoms. The van der Waals surface area contributed by atoms with E-state index in [-0.39, 0.29) is 0 Å². The lowest BCUT2D eigenvalue weighted by Crippen LogP contribution is -2.06. The summed E-state index contributed by atoms with van der Waals surface area (Å²) >= 11 is 0. The number of aryl methyl sites for hydroxylation is 1. The standard InChI is InChI=1S/C10H13N3.C2H6/c1-2-13-9-6-4-3-5-8(9)12-10(13)7-11;1-2/h3-6H,2,7,11H2,1H3;1-2H3. The molecule has 2 N–H and O–H groups in total. The van der Waals surface area contributed by atoms with Crippen LogP contribution in [0.1, 0.15) is 26.6 Å². The van der Waals surface area contributed by atoms with E-state index >= 15 is 0 Å². The molecule has 82 valence electrons. The minimum Gasteiger partial charge on any atom is -0.327 e. The van der Waals surface area contributed by atoms with Crippen LogP contribution in [0.25, 0.3) is 11.0 Å². The number of hydrogen-bond acceptors (Lipinski definition) is 2. The Kier molecular flexibility index (Phi) is 4.31. The molecule has 0 aliphatic rings. The first-order valence-corrected chi connectivity index (χ1v) is 5.51. The Bertz CT molecular complexity index is 418. The molecule has 0 atom stereocenters. The number of nitrogens with two attached hydrogens (primary N) is 1. The van der Waals surface area contributed by atoms with Gasteiger partial charge in [-0.3, -0.25) is 0 Å². The molecule has 1 aromatic heterocycles. The molecule has 0 radical (unpaired) electrons. The van der Waals surface area contributed by atoms with Crippen molar-refractivity contribution in [2.75, 3.05) is 0 Å². The van der Waals surface area contributed by atoms with Crippen LogP contribution in [0.3, 0.4) is 0 Å². The lowest BCUT2D eigenvalue weighted by atomic mass is 10.3. The third-order valence-corrected chi connectivity index (χ3v) is 2.23. The molecule has 0 amide bonds. The Balaban J connectivity index is 0.000000531. The van der Waals surface area contributed by atoms with Crippen LogP contribution in [0.5, 0.6) is 0 Å². The smallest absolute Gasteiger partial charge is 0.123 e. The molecule has 0 unspecified atom stereocenters. The largest absolute Gasteiger partial charge is 0.327 e. The van der Waals surface area contributed by atoms with Crippen LogP contribution in [-0.4, -0.2) is 9.55 Å². The molecule has 2 rings (SSSR count). The van der Waals surface area contributed by atoms with E-state index in [1.54, 1.807) is 0 Å². The Hall–Kier alpha value is -1.35. The highest BCUT2D eigenvalue weighted by Crippen LogP contribution is 2.14. The summed E-state index contributed by atoms with van der Waals surface area (Å²) < 4.78 is 2.15. The topological polar surface area (TPSA) is 43.8 Å². The highest BCUT2D eigenvalue weighted by atomic mass is 15.1. The molecular formula is C12H19N3. The summed E-state index contributed by atoms with van der Waals surface area (Å²) in [5.41, 5.74) is 7.81. The molecule has 1 heterocycles. The highest BCUT2D eigenvalue weighted by molar-refractivity contribution is 5.75. The summed E-state index contributed by atoms with van der Waals surface area (Å²) in [6, 6.07) is 8.11. The van der Waals surface area contributed by atoms with Crippen molar-refractivity contribution in [1.29, 1.82) is 0 Å². The number of nitrogens with zero attached hydrogens (tertiary/aromatic N) is 2. The molecule has 0 spiro atoms. The summed E-state index contributed by atoms with van der Waals surface area (Å²) in [7, 11) is 0. The summed E-state index contributed by atoms with van der Waals surface area (Å²) in [6.45, 7) is 7.53. The minimum absolute atomic E-state index is 0.503. The predicted molar refractivity (Wildman–Crippen MR) is 64.6 cm³/mol. The van der Waals surface area contributed by atoms with Crippen molar-refractivity contribution in [1.82, 2.24) is 9.55 Å². The Morgan fingerprint density at radius 2 is 1.93 bits per heavy atom. The monoisotopic (exact) mass is 205 g/mol.